The molecule has 2 aromatic rings. The summed E-state index contributed by atoms with van der Waals surface area (Å²) in [5.41, 5.74) is 0.784. The zero-order valence-corrected chi connectivity index (χ0v) is 14.5. The molecule has 8 heteroatoms. The van der Waals surface area contributed by atoms with Gasteiger partial charge in [-0.15, -0.1) is 10.2 Å². The third-order valence-corrected chi connectivity index (χ3v) is 4.88. The minimum Gasteiger partial charge on any atom is -0.493 e. The van der Waals surface area contributed by atoms with Crippen molar-refractivity contribution in [3.05, 3.63) is 28.8 Å². The second kappa shape index (κ2) is 6.72. The third kappa shape index (κ3) is 3.58. The van der Waals surface area contributed by atoms with E-state index in [9.17, 15) is 4.79 Å². The van der Waals surface area contributed by atoms with Crippen molar-refractivity contribution >= 4 is 28.5 Å². The molecule has 130 valence electrons. The van der Waals surface area contributed by atoms with Crippen LogP contribution >= 0.6 is 11.3 Å². The Morgan fingerprint density at radius 2 is 2.16 bits per heavy atom. The highest BCUT2D eigenvalue weighted by atomic mass is 32.1. The van der Waals surface area contributed by atoms with Crippen LogP contribution in [0.3, 0.4) is 0 Å². The molecule has 0 spiro atoms. The molecule has 1 aromatic heterocycles. The molecule has 1 N–H and O–H groups in total. The largest absolute Gasteiger partial charge is 0.493 e. The number of hydrogen-bond donors (Lipinski definition) is 1. The lowest BCUT2D eigenvalue weighted by atomic mass is 10.1. The van der Waals surface area contributed by atoms with Crippen molar-refractivity contribution in [1.82, 2.24) is 10.2 Å². The molecule has 1 aliphatic carbocycles. The number of methoxy groups -OCH3 is 1. The van der Waals surface area contributed by atoms with E-state index in [1.807, 2.05) is 6.07 Å². The summed E-state index contributed by atoms with van der Waals surface area (Å²) in [5.74, 6) is 2.06. The average molecular weight is 359 g/mol. The molecule has 2 aliphatic rings. The van der Waals surface area contributed by atoms with Crippen molar-refractivity contribution < 1.29 is 19.0 Å². The van der Waals surface area contributed by atoms with Crippen molar-refractivity contribution in [2.45, 2.75) is 18.8 Å². The predicted octanol–water partition coefficient (Wildman–Crippen LogP) is 2.85. The summed E-state index contributed by atoms with van der Waals surface area (Å²) < 4.78 is 16.5. The Hall–Kier alpha value is -2.61. The van der Waals surface area contributed by atoms with Crippen molar-refractivity contribution in [2.75, 3.05) is 25.6 Å². The molecule has 2 heterocycles. The predicted molar refractivity (Wildman–Crippen MR) is 93.5 cm³/mol. The van der Waals surface area contributed by atoms with Crippen LogP contribution in [0.15, 0.2) is 18.2 Å². The first-order valence-corrected chi connectivity index (χ1v) is 8.84. The number of anilines is 1. The smallest absolute Gasteiger partial charge is 0.250 e. The zero-order chi connectivity index (χ0) is 17.2. The second-order valence-electron chi connectivity index (χ2n) is 5.79. The Labute approximate surface area is 148 Å². The molecule has 0 radical (unpaired) electrons. The number of nitrogens with zero attached hydrogens (tertiary/aromatic N) is 2. The number of amides is 1. The fourth-order valence-corrected chi connectivity index (χ4v) is 3.40. The zero-order valence-electron chi connectivity index (χ0n) is 13.7. The Morgan fingerprint density at radius 1 is 1.32 bits per heavy atom. The van der Waals surface area contributed by atoms with E-state index in [4.69, 9.17) is 14.2 Å². The van der Waals surface area contributed by atoms with Crippen LogP contribution in [0.25, 0.3) is 6.08 Å². The van der Waals surface area contributed by atoms with Crippen LogP contribution in [0, 0.1) is 0 Å². The first kappa shape index (κ1) is 15.9. The van der Waals surface area contributed by atoms with E-state index < -0.39 is 0 Å². The van der Waals surface area contributed by atoms with Gasteiger partial charge in [0.1, 0.15) is 18.2 Å². The fraction of sp³-hybridized carbons (Fsp3) is 0.353. The summed E-state index contributed by atoms with van der Waals surface area (Å²) in [6.07, 6.45) is 5.46. The summed E-state index contributed by atoms with van der Waals surface area (Å²) in [4.78, 5) is 12.1. The van der Waals surface area contributed by atoms with Gasteiger partial charge in [-0.25, -0.2) is 0 Å². The first-order chi connectivity index (χ1) is 12.2. The number of benzene rings is 1. The first-order valence-electron chi connectivity index (χ1n) is 8.03. The van der Waals surface area contributed by atoms with E-state index in [0.29, 0.717) is 41.5 Å². The van der Waals surface area contributed by atoms with Gasteiger partial charge in [-0.1, -0.05) is 11.3 Å². The molecular formula is C17H17N3O4S. The number of carbonyl (C=O) groups excluding carboxylic acids is 1. The maximum Gasteiger partial charge on any atom is 0.250 e. The molecule has 1 amide bonds. The summed E-state index contributed by atoms with van der Waals surface area (Å²) in [6, 6.07) is 3.62. The van der Waals surface area contributed by atoms with E-state index in [1.165, 1.54) is 17.4 Å². The van der Waals surface area contributed by atoms with Crippen LogP contribution in [-0.4, -0.2) is 36.4 Å². The number of carbonyl (C=O) groups is 1. The highest BCUT2D eigenvalue weighted by Gasteiger charge is 2.27. The molecule has 0 saturated heterocycles. The number of rotatable bonds is 5. The topological polar surface area (TPSA) is 82.6 Å². The van der Waals surface area contributed by atoms with Gasteiger partial charge in [0.15, 0.2) is 11.5 Å². The Kier molecular flexibility index (Phi) is 4.27. The maximum atomic E-state index is 12.1. The monoisotopic (exact) mass is 359 g/mol. The molecule has 7 nitrogen and oxygen atoms in total. The van der Waals surface area contributed by atoms with Gasteiger partial charge < -0.3 is 14.2 Å². The number of nitrogens with one attached hydrogen (secondary N) is 1. The average Bonchev–Trinajstić information content (AvgIpc) is 3.39. The Balaban J connectivity index is 1.45. The van der Waals surface area contributed by atoms with Crippen LogP contribution in [0.4, 0.5) is 5.13 Å². The van der Waals surface area contributed by atoms with Crippen molar-refractivity contribution in [1.29, 1.82) is 0 Å². The summed E-state index contributed by atoms with van der Waals surface area (Å²) in [7, 11) is 1.57. The van der Waals surface area contributed by atoms with Gasteiger partial charge in [0.05, 0.1) is 7.11 Å². The molecule has 1 aromatic carbocycles. The van der Waals surface area contributed by atoms with Crippen LogP contribution in [0.5, 0.6) is 17.2 Å². The summed E-state index contributed by atoms with van der Waals surface area (Å²) in [6.45, 7) is 0.982. The highest BCUT2D eigenvalue weighted by Crippen LogP contribution is 2.42. The summed E-state index contributed by atoms with van der Waals surface area (Å²) >= 11 is 1.43. The molecule has 0 atom stereocenters. The van der Waals surface area contributed by atoms with E-state index >= 15 is 0 Å². The minimum absolute atomic E-state index is 0.257. The molecule has 0 unspecified atom stereocenters. The SMILES string of the molecule is COc1cc(/C=C/C(=O)Nc2nnc(C3CC3)s2)cc2c1OCCO2. The van der Waals surface area contributed by atoms with Gasteiger partial charge in [0.25, 0.3) is 0 Å². The van der Waals surface area contributed by atoms with Crippen LogP contribution in [0.2, 0.25) is 0 Å². The number of hydrogen-bond acceptors (Lipinski definition) is 7. The second-order valence-corrected chi connectivity index (χ2v) is 6.80. The van der Waals surface area contributed by atoms with Crippen LogP contribution < -0.4 is 19.5 Å². The van der Waals surface area contributed by atoms with Gasteiger partial charge in [-0.05, 0) is 36.6 Å². The Morgan fingerprint density at radius 3 is 2.96 bits per heavy atom. The lowest BCUT2D eigenvalue weighted by Crippen LogP contribution is -2.16. The number of fused-ring (bicyclic) bond motifs is 1. The molecule has 25 heavy (non-hydrogen) atoms. The van der Waals surface area contributed by atoms with E-state index in [1.54, 1.807) is 19.3 Å². The van der Waals surface area contributed by atoms with Crippen LogP contribution in [-0.2, 0) is 4.79 Å². The standard InChI is InChI=1S/C17H17N3O4S/c1-22-12-8-10(9-13-15(12)24-7-6-23-13)2-5-14(21)18-17-20-19-16(25-17)11-3-4-11/h2,5,8-9,11H,3-4,6-7H2,1H3,(H,18,20,21)/b5-2+. The lowest BCUT2D eigenvalue weighted by Gasteiger charge is -2.20. The van der Waals surface area contributed by atoms with Gasteiger partial charge in [-0.3, -0.25) is 10.1 Å². The lowest BCUT2D eigenvalue weighted by molar-refractivity contribution is -0.111. The maximum absolute atomic E-state index is 12.1. The molecule has 4 rings (SSSR count). The number of ether oxygens (including phenoxy) is 3. The molecule has 1 fully saturated rings. The third-order valence-electron chi connectivity index (χ3n) is 3.87. The van der Waals surface area contributed by atoms with Crippen LogP contribution in [0.1, 0.15) is 29.3 Å². The molecule has 0 bridgehead atoms. The van der Waals surface area contributed by atoms with E-state index in [0.717, 1.165) is 23.4 Å². The molecular weight excluding hydrogens is 342 g/mol. The van der Waals surface area contributed by atoms with Gasteiger partial charge >= 0.3 is 0 Å². The molecule has 1 saturated carbocycles. The van der Waals surface area contributed by atoms with Crippen molar-refractivity contribution in [2.24, 2.45) is 0 Å². The number of aromatic nitrogens is 2. The van der Waals surface area contributed by atoms with E-state index in [-0.39, 0.29) is 5.91 Å². The van der Waals surface area contributed by atoms with Gasteiger partial charge in [-0.2, -0.15) is 0 Å². The highest BCUT2D eigenvalue weighted by molar-refractivity contribution is 7.15. The fourth-order valence-electron chi connectivity index (χ4n) is 2.49. The Bertz CT molecular complexity index is 812. The molecule has 1 aliphatic heterocycles. The quantitative estimate of drug-likeness (QED) is 0.827. The van der Waals surface area contributed by atoms with Gasteiger partial charge in [0, 0.05) is 12.0 Å². The van der Waals surface area contributed by atoms with Gasteiger partial charge in [0.2, 0.25) is 16.8 Å². The normalized spacial score (nSPS) is 16.0. The van der Waals surface area contributed by atoms with E-state index in [2.05, 4.69) is 15.5 Å². The van der Waals surface area contributed by atoms with Crippen molar-refractivity contribution in [3.63, 3.8) is 0 Å². The van der Waals surface area contributed by atoms with Crippen molar-refractivity contribution in [3.8, 4) is 17.2 Å². The minimum atomic E-state index is -0.257. The summed E-state index contributed by atoms with van der Waals surface area (Å²) in [5, 5.41) is 12.4.